The van der Waals surface area contributed by atoms with Gasteiger partial charge in [0.15, 0.2) is 0 Å². The number of pyridine rings is 1. The number of hydrogen-bond acceptors (Lipinski definition) is 3. The van der Waals surface area contributed by atoms with Gasteiger partial charge >= 0.3 is 0 Å². The molecule has 1 heterocycles. The fourth-order valence-corrected chi connectivity index (χ4v) is 3.38. The maximum Gasteiger partial charge on any atom is 0.226 e. The van der Waals surface area contributed by atoms with Crippen LogP contribution in [0.2, 0.25) is 0 Å². The molecule has 2 unspecified atom stereocenters. The van der Waals surface area contributed by atoms with Gasteiger partial charge in [-0.3, -0.25) is 14.6 Å². The Bertz CT molecular complexity index is 555. The van der Waals surface area contributed by atoms with Crippen molar-refractivity contribution in [3.05, 3.63) is 30.1 Å². The second-order valence-electron chi connectivity index (χ2n) is 6.80. The molecule has 2 atom stereocenters. The second-order valence-corrected chi connectivity index (χ2v) is 6.80. The smallest absolute Gasteiger partial charge is 0.226 e. The van der Waals surface area contributed by atoms with Crippen LogP contribution in [0.5, 0.6) is 0 Å². The Morgan fingerprint density at radius 3 is 2.61 bits per heavy atom. The third kappa shape index (κ3) is 4.09. The molecule has 0 saturated heterocycles. The van der Waals surface area contributed by atoms with Crippen LogP contribution in [-0.4, -0.2) is 41.3 Å². The minimum atomic E-state index is -0.112. The van der Waals surface area contributed by atoms with Gasteiger partial charge in [0.1, 0.15) is 0 Å². The fraction of sp³-hybridized carbons (Fsp3) is 0.611. The van der Waals surface area contributed by atoms with Gasteiger partial charge in [0.25, 0.3) is 0 Å². The lowest BCUT2D eigenvalue weighted by atomic mass is 10.2. The largest absolute Gasteiger partial charge is 0.353 e. The van der Waals surface area contributed by atoms with E-state index in [0.717, 1.165) is 19.3 Å². The molecule has 2 saturated carbocycles. The number of nitrogens with one attached hydrogen (secondary N) is 1. The van der Waals surface area contributed by atoms with Gasteiger partial charge in [-0.25, -0.2) is 0 Å². The van der Waals surface area contributed by atoms with Gasteiger partial charge in [-0.05, 0) is 43.4 Å². The average Bonchev–Trinajstić information content (AvgIpc) is 3.22. The molecule has 124 valence electrons. The van der Waals surface area contributed by atoms with Crippen LogP contribution in [0.4, 0.5) is 0 Å². The summed E-state index contributed by atoms with van der Waals surface area (Å²) >= 11 is 0. The molecular weight excluding hydrogens is 290 g/mol. The topological polar surface area (TPSA) is 62.3 Å². The highest BCUT2D eigenvalue weighted by atomic mass is 16.2. The van der Waals surface area contributed by atoms with Crippen LogP contribution in [0.1, 0.15) is 37.7 Å². The lowest BCUT2D eigenvalue weighted by molar-refractivity contribution is -0.133. The molecule has 2 amide bonds. The maximum atomic E-state index is 12.4. The highest BCUT2D eigenvalue weighted by Gasteiger charge is 2.49. The van der Waals surface area contributed by atoms with Crippen LogP contribution in [0.3, 0.4) is 0 Å². The highest BCUT2D eigenvalue weighted by Crippen LogP contribution is 2.40. The zero-order valence-corrected chi connectivity index (χ0v) is 13.7. The molecule has 0 spiro atoms. The van der Waals surface area contributed by atoms with E-state index < -0.39 is 0 Å². The summed E-state index contributed by atoms with van der Waals surface area (Å²) in [5.74, 6) is -0.0336. The molecule has 2 fully saturated rings. The zero-order valence-electron chi connectivity index (χ0n) is 13.7. The number of carbonyl (C=O) groups is 2. The Hall–Kier alpha value is -1.91. The van der Waals surface area contributed by atoms with Crippen molar-refractivity contribution >= 4 is 11.8 Å². The number of aromatic nitrogens is 1. The zero-order chi connectivity index (χ0) is 16.2. The van der Waals surface area contributed by atoms with Crippen molar-refractivity contribution in [2.45, 2.75) is 44.6 Å². The van der Waals surface area contributed by atoms with Gasteiger partial charge in [0.2, 0.25) is 11.8 Å². The molecule has 3 rings (SSSR count). The number of rotatable bonds is 6. The van der Waals surface area contributed by atoms with Crippen LogP contribution in [-0.2, 0) is 16.0 Å². The van der Waals surface area contributed by atoms with E-state index in [-0.39, 0.29) is 23.7 Å². The van der Waals surface area contributed by atoms with E-state index in [0.29, 0.717) is 19.0 Å². The molecule has 1 aromatic heterocycles. The van der Waals surface area contributed by atoms with Crippen molar-refractivity contribution < 1.29 is 9.59 Å². The van der Waals surface area contributed by atoms with Crippen molar-refractivity contribution in [1.82, 2.24) is 15.2 Å². The summed E-state index contributed by atoms with van der Waals surface area (Å²) in [6.45, 7) is 0.677. The lowest BCUT2D eigenvalue weighted by Crippen LogP contribution is -2.36. The van der Waals surface area contributed by atoms with Crippen LogP contribution in [0, 0.1) is 11.8 Å². The van der Waals surface area contributed by atoms with Crippen molar-refractivity contribution in [3.8, 4) is 0 Å². The van der Waals surface area contributed by atoms with E-state index in [2.05, 4.69) is 10.3 Å². The SMILES string of the molecule is CN(CCc1ccncc1)C(=O)C1CC1C(=O)NC1CCCC1. The van der Waals surface area contributed by atoms with Gasteiger partial charge < -0.3 is 10.2 Å². The Kier molecular flexibility index (Phi) is 4.94. The molecule has 2 aliphatic carbocycles. The number of carbonyl (C=O) groups excluding carboxylic acids is 2. The monoisotopic (exact) mass is 315 g/mol. The minimum Gasteiger partial charge on any atom is -0.353 e. The molecule has 23 heavy (non-hydrogen) atoms. The summed E-state index contributed by atoms with van der Waals surface area (Å²) < 4.78 is 0. The van der Waals surface area contributed by atoms with Crippen molar-refractivity contribution in [1.29, 1.82) is 0 Å². The lowest BCUT2D eigenvalue weighted by Gasteiger charge is -2.17. The average molecular weight is 315 g/mol. The van der Waals surface area contributed by atoms with E-state index in [4.69, 9.17) is 0 Å². The quantitative estimate of drug-likeness (QED) is 0.870. The Morgan fingerprint density at radius 2 is 1.91 bits per heavy atom. The van der Waals surface area contributed by atoms with Gasteiger partial charge in [-0.15, -0.1) is 0 Å². The first-order valence-electron chi connectivity index (χ1n) is 8.59. The molecule has 1 aromatic rings. The van der Waals surface area contributed by atoms with Gasteiger partial charge in [-0.1, -0.05) is 12.8 Å². The van der Waals surface area contributed by atoms with E-state index in [1.165, 1.54) is 18.4 Å². The Balaban J connectivity index is 1.42. The highest BCUT2D eigenvalue weighted by molar-refractivity contribution is 5.92. The molecule has 1 N–H and O–H groups in total. The summed E-state index contributed by atoms with van der Waals surface area (Å²) in [6.07, 6.45) is 9.63. The van der Waals surface area contributed by atoms with Crippen molar-refractivity contribution in [2.75, 3.05) is 13.6 Å². The van der Waals surface area contributed by atoms with E-state index in [1.54, 1.807) is 17.3 Å². The number of hydrogen-bond donors (Lipinski definition) is 1. The summed E-state index contributed by atoms with van der Waals surface area (Å²) in [7, 11) is 1.83. The summed E-state index contributed by atoms with van der Waals surface area (Å²) in [5, 5.41) is 3.11. The summed E-state index contributed by atoms with van der Waals surface area (Å²) in [6, 6.07) is 4.27. The third-order valence-corrected chi connectivity index (χ3v) is 5.01. The molecule has 0 aromatic carbocycles. The van der Waals surface area contributed by atoms with Gasteiger partial charge in [0, 0.05) is 32.0 Å². The predicted octanol–water partition coefficient (Wildman–Crippen LogP) is 1.78. The Morgan fingerprint density at radius 1 is 1.22 bits per heavy atom. The first kappa shape index (κ1) is 16.0. The number of amides is 2. The van der Waals surface area contributed by atoms with E-state index >= 15 is 0 Å². The number of likely N-dealkylation sites (N-methyl/N-ethyl adjacent to an activating group) is 1. The summed E-state index contributed by atoms with van der Waals surface area (Å²) in [4.78, 5) is 30.4. The third-order valence-electron chi connectivity index (χ3n) is 5.01. The fourth-order valence-electron chi connectivity index (χ4n) is 3.38. The van der Waals surface area contributed by atoms with Crippen molar-refractivity contribution in [3.63, 3.8) is 0 Å². The molecule has 0 aliphatic heterocycles. The number of nitrogens with zero attached hydrogens (tertiary/aromatic N) is 2. The van der Waals surface area contributed by atoms with Crippen LogP contribution in [0.25, 0.3) is 0 Å². The van der Waals surface area contributed by atoms with Gasteiger partial charge in [-0.2, -0.15) is 0 Å². The van der Waals surface area contributed by atoms with Crippen LogP contribution in [0.15, 0.2) is 24.5 Å². The van der Waals surface area contributed by atoms with Crippen LogP contribution < -0.4 is 5.32 Å². The van der Waals surface area contributed by atoms with Crippen LogP contribution >= 0.6 is 0 Å². The van der Waals surface area contributed by atoms with Gasteiger partial charge in [0.05, 0.1) is 11.8 Å². The predicted molar refractivity (Wildman–Crippen MR) is 87.6 cm³/mol. The Labute approximate surface area is 137 Å². The standard InChI is InChI=1S/C18H25N3O2/c1-21(11-8-13-6-9-19-10-7-13)18(23)16-12-15(16)17(22)20-14-4-2-3-5-14/h6-7,9-10,14-16H,2-5,8,11-12H2,1H3,(H,20,22). The van der Waals surface area contributed by atoms with E-state index in [9.17, 15) is 9.59 Å². The minimum absolute atomic E-state index is 0.0813. The van der Waals surface area contributed by atoms with Crippen molar-refractivity contribution in [2.24, 2.45) is 11.8 Å². The molecule has 0 radical (unpaired) electrons. The second kappa shape index (κ2) is 7.11. The molecule has 0 bridgehead atoms. The normalized spacial score (nSPS) is 23.5. The first-order chi connectivity index (χ1) is 11.1. The first-order valence-corrected chi connectivity index (χ1v) is 8.59. The van der Waals surface area contributed by atoms with E-state index in [1.807, 2.05) is 19.2 Å². The summed E-state index contributed by atoms with van der Waals surface area (Å²) in [5.41, 5.74) is 1.17. The molecular formula is C18H25N3O2. The molecule has 2 aliphatic rings. The molecule has 5 heteroatoms. The molecule has 5 nitrogen and oxygen atoms in total. The maximum absolute atomic E-state index is 12.4.